The predicted molar refractivity (Wildman–Crippen MR) is 61.6 cm³/mol. The fraction of sp³-hybridized carbons (Fsp3) is 1.00. The summed E-state index contributed by atoms with van der Waals surface area (Å²) in [5.74, 6) is 1.27. The first-order valence-corrected chi connectivity index (χ1v) is 7.92. The number of nitrogens with one attached hydrogen (secondary N) is 1. The first-order chi connectivity index (χ1) is 7.16. The number of sulfone groups is 1. The first-order valence-electron chi connectivity index (χ1n) is 6.09. The van der Waals surface area contributed by atoms with Gasteiger partial charge in [0.2, 0.25) is 0 Å². The molecule has 0 amide bonds. The molecule has 1 aliphatic heterocycles. The molecule has 4 heteroatoms. The summed E-state index contributed by atoms with van der Waals surface area (Å²) in [4.78, 5) is 0. The van der Waals surface area contributed by atoms with E-state index in [0.29, 0.717) is 23.5 Å². The third-order valence-corrected chi connectivity index (χ3v) is 5.50. The van der Waals surface area contributed by atoms with Gasteiger partial charge in [-0.1, -0.05) is 12.8 Å². The van der Waals surface area contributed by atoms with E-state index < -0.39 is 9.84 Å². The monoisotopic (exact) mass is 231 g/mol. The van der Waals surface area contributed by atoms with Gasteiger partial charge in [0.1, 0.15) is 0 Å². The van der Waals surface area contributed by atoms with Gasteiger partial charge in [-0.25, -0.2) is 8.42 Å². The zero-order valence-corrected chi connectivity index (χ0v) is 10.1. The van der Waals surface area contributed by atoms with Crippen LogP contribution >= 0.6 is 0 Å². The van der Waals surface area contributed by atoms with Gasteiger partial charge in [-0.15, -0.1) is 0 Å². The Hall–Kier alpha value is -0.0900. The second-order valence-corrected chi connectivity index (χ2v) is 7.22. The average Bonchev–Trinajstić information content (AvgIpc) is 2.76. The highest BCUT2D eigenvalue weighted by molar-refractivity contribution is 7.91. The summed E-state index contributed by atoms with van der Waals surface area (Å²) in [6.07, 6.45) is 7.25. The molecule has 1 saturated heterocycles. The fourth-order valence-electron chi connectivity index (χ4n) is 2.72. The van der Waals surface area contributed by atoms with Gasteiger partial charge in [0.05, 0.1) is 11.5 Å². The molecule has 1 N–H and O–H groups in total. The van der Waals surface area contributed by atoms with E-state index in [-0.39, 0.29) is 0 Å². The van der Waals surface area contributed by atoms with Gasteiger partial charge < -0.3 is 5.32 Å². The van der Waals surface area contributed by atoms with Crippen molar-refractivity contribution in [3.05, 3.63) is 0 Å². The summed E-state index contributed by atoms with van der Waals surface area (Å²) in [5.41, 5.74) is 0. The van der Waals surface area contributed by atoms with Crippen LogP contribution in [0.1, 0.15) is 38.5 Å². The molecule has 1 saturated carbocycles. The van der Waals surface area contributed by atoms with E-state index in [2.05, 4.69) is 5.32 Å². The third-order valence-electron chi connectivity index (χ3n) is 3.67. The van der Waals surface area contributed by atoms with Gasteiger partial charge in [0, 0.05) is 6.04 Å². The van der Waals surface area contributed by atoms with Crippen LogP contribution in [0.5, 0.6) is 0 Å². The van der Waals surface area contributed by atoms with Gasteiger partial charge in [0.15, 0.2) is 9.84 Å². The minimum absolute atomic E-state index is 0.418. The molecule has 0 aromatic heterocycles. The van der Waals surface area contributed by atoms with Gasteiger partial charge in [0.25, 0.3) is 0 Å². The maximum absolute atomic E-state index is 11.2. The van der Waals surface area contributed by atoms with Gasteiger partial charge >= 0.3 is 0 Å². The molecule has 2 fully saturated rings. The maximum Gasteiger partial charge on any atom is 0.150 e. The summed E-state index contributed by atoms with van der Waals surface area (Å²) < 4.78 is 22.5. The molecule has 0 radical (unpaired) electrons. The van der Waals surface area contributed by atoms with Crippen molar-refractivity contribution in [2.75, 3.05) is 18.1 Å². The summed E-state index contributed by atoms with van der Waals surface area (Å²) in [5, 5.41) is 3.54. The van der Waals surface area contributed by atoms with Gasteiger partial charge in [-0.2, -0.15) is 0 Å². The molecule has 1 aliphatic carbocycles. The van der Waals surface area contributed by atoms with Gasteiger partial charge in [-0.3, -0.25) is 0 Å². The zero-order valence-electron chi connectivity index (χ0n) is 9.24. The lowest BCUT2D eigenvalue weighted by Crippen LogP contribution is -2.28. The lowest BCUT2D eigenvalue weighted by molar-refractivity contribution is 0.460. The quantitative estimate of drug-likeness (QED) is 0.794. The van der Waals surface area contributed by atoms with Crippen molar-refractivity contribution >= 4 is 9.84 Å². The maximum atomic E-state index is 11.2. The van der Waals surface area contributed by atoms with Crippen molar-refractivity contribution in [3.8, 4) is 0 Å². The number of rotatable bonds is 4. The Morgan fingerprint density at radius 1 is 1.13 bits per heavy atom. The summed E-state index contributed by atoms with van der Waals surface area (Å²) >= 11 is 0. The molecular weight excluding hydrogens is 210 g/mol. The molecule has 3 nitrogen and oxygen atoms in total. The van der Waals surface area contributed by atoms with E-state index in [0.717, 1.165) is 19.4 Å². The molecule has 15 heavy (non-hydrogen) atoms. The lowest BCUT2D eigenvalue weighted by atomic mass is 10.1. The van der Waals surface area contributed by atoms with Crippen LogP contribution < -0.4 is 5.32 Å². The molecule has 2 rings (SSSR count). The Balaban J connectivity index is 1.62. The Labute approximate surface area is 92.6 Å². The molecule has 88 valence electrons. The van der Waals surface area contributed by atoms with Crippen LogP contribution in [0.15, 0.2) is 0 Å². The second-order valence-electron chi connectivity index (χ2n) is 4.99. The molecule has 2 aliphatic rings. The Kier molecular flexibility index (Phi) is 3.67. The number of hydrogen-bond donors (Lipinski definition) is 1. The minimum atomic E-state index is -2.67. The SMILES string of the molecule is O=S1(=O)CCC(CCNC2CCCC2)C1. The molecule has 0 aromatic rings. The summed E-state index contributed by atoms with van der Waals surface area (Å²) in [7, 11) is -2.67. The lowest BCUT2D eigenvalue weighted by Gasteiger charge is -2.13. The van der Waals surface area contributed by atoms with Crippen molar-refractivity contribution < 1.29 is 8.42 Å². The molecule has 0 bridgehead atoms. The van der Waals surface area contributed by atoms with Crippen molar-refractivity contribution in [1.29, 1.82) is 0 Å². The van der Waals surface area contributed by atoms with Gasteiger partial charge in [-0.05, 0) is 38.1 Å². The molecule has 1 unspecified atom stereocenters. The fourth-order valence-corrected chi connectivity index (χ4v) is 4.63. The van der Waals surface area contributed by atoms with E-state index in [9.17, 15) is 8.42 Å². The van der Waals surface area contributed by atoms with Crippen molar-refractivity contribution in [3.63, 3.8) is 0 Å². The van der Waals surface area contributed by atoms with Crippen molar-refractivity contribution in [2.45, 2.75) is 44.6 Å². The highest BCUT2D eigenvalue weighted by Gasteiger charge is 2.27. The Bertz CT molecular complexity index is 294. The highest BCUT2D eigenvalue weighted by Crippen LogP contribution is 2.22. The topological polar surface area (TPSA) is 46.2 Å². The van der Waals surface area contributed by atoms with Crippen molar-refractivity contribution in [2.24, 2.45) is 5.92 Å². The van der Waals surface area contributed by atoms with E-state index in [1.807, 2.05) is 0 Å². The molecule has 0 spiro atoms. The standard InChI is InChI=1S/C11H21NO2S/c13-15(14)8-6-10(9-15)5-7-12-11-3-1-2-4-11/h10-12H,1-9H2. The zero-order chi connectivity index (χ0) is 10.7. The Morgan fingerprint density at radius 3 is 2.47 bits per heavy atom. The van der Waals surface area contributed by atoms with Crippen LogP contribution in [-0.2, 0) is 9.84 Å². The third kappa shape index (κ3) is 3.45. The van der Waals surface area contributed by atoms with Crippen LogP contribution in [0.25, 0.3) is 0 Å². The van der Waals surface area contributed by atoms with E-state index in [4.69, 9.17) is 0 Å². The largest absolute Gasteiger partial charge is 0.314 e. The Morgan fingerprint density at radius 2 is 1.87 bits per heavy atom. The normalized spacial score (nSPS) is 31.1. The van der Waals surface area contributed by atoms with Crippen LogP contribution in [0.4, 0.5) is 0 Å². The van der Waals surface area contributed by atoms with Crippen molar-refractivity contribution in [1.82, 2.24) is 5.32 Å². The van der Waals surface area contributed by atoms with Crippen LogP contribution in [0.3, 0.4) is 0 Å². The predicted octanol–water partition coefficient (Wildman–Crippen LogP) is 1.34. The van der Waals surface area contributed by atoms with E-state index >= 15 is 0 Å². The number of hydrogen-bond acceptors (Lipinski definition) is 3. The van der Waals surface area contributed by atoms with Crippen LogP contribution in [0, 0.1) is 5.92 Å². The van der Waals surface area contributed by atoms with Crippen LogP contribution in [0.2, 0.25) is 0 Å². The summed E-state index contributed by atoms with van der Waals surface area (Å²) in [6, 6.07) is 0.711. The second kappa shape index (κ2) is 4.83. The molecule has 1 heterocycles. The van der Waals surface area contributed by atoms with E-state index in [1.165, 1.54) is 25.7 Å². The minimum Gasteiger partial charge on any atom is -0.314 e. The van der Waals surface area contributed by atoms with Crippen LogP contribution in [-0.4, -0.2) is 32.5 Å². The average molecular weight is 231 g/mol. The molecule has 0 aromatic carbocycles. The summed E-state index contributed by atoms with van der Waals surface area (Å²) in [6.45, 7) is 1.00. The molecular formula is C11H21NO2S. The van der Waals surface area contributed by atoms with E-state index in [1.54, 1.807) is 0 Å². The first kappa shape index (κ1) is 11.4. The molecule has 1 atom stereocenters. The highest BCUT2D eigenvalue weighted by atomic mass is 32.2. The smallest absolute Gasteiger partial charge is 0.150 e.